The van der Waals surface area contributed by atoms with E-state index >= 15 is 0 Å². The summed E-state index contributed by atoms with van der Waals surface area (Å²) in [6.07, 6.45) is 7.30. The topological polar surface area (TPSA) is 70.9 Å². The Kier molecular flexibility index (Phi) is 4.23. The molecule has 132 valence electrons. The van der Waals surface area contributed by atoms with Crippen molar-refractivity contribution >= 4 is 33.3 Å². The molecule has 1 N–H and O–H groups in total. The lowest BCUT2D eigenvalue weighted by Crippen LogP contribution is -1.89. The van der Waals surface area contributed by atoms with Crippen LogP contribution in [0.4, 0.5) is 0 Å². The predicted molar refractivity (Wildman–Crippen MR) is 107 cm³/mol. The first-order valence-electron chi connectivity index (χ1n) is 8.43. The second-order valence-corrected chi connectivity index (χ2v) is 6.07. The number of allylic oxidation sites excluding steroid dienone is 1. The molecule has 0 amide bonds. The number of rotatable bonds is 4. The fourth-order valence-corrected chi connectivity index (χ4v) is 3.27. The molecule has 0 aliphatic rings. The minimum Gasteiger partial charge on any atom is -0.497 e. The first-order valence-corrected chi connectivity index (χ1v) is 8.43. The van der Waals surface area contributed by atoms with Crippen LogP contribution in [0.15, 0.2) is 55.0 Å². The first-order chi connectivity index (χ1) is 13.2. The van der Waals surface area contributed by atoms with Gasteiger partial charge in [0.2, 0.25) is 0 Å². The summed E-state index contributed by atoms with van der Waals surface area (Å²) in [7, 11) is 3.22. The predicted octanol–water partition coefficient (Wildman–Crippen LogP) is 4.80. The molecule has 0 aliphatic heterocycles. The molecule has 0 saturated carbocycles. The third-order valence-corrected chi connectivity index (χ3v) is 4.61. The average Bonchev–Trinajstić information content (AvgIpc) is 3.15. The van der Waals surface area contributed by atoms with Crippen LogP contribution in [-0.2, 0) is 0 Å². The number of H-pyrrole nitrogens is 1. The van der Waals surface area contributed by atoms with Gasteiger partial charge in [0.1, 0.15) is 11.5 Å². The number of nitrogens with one attached hydrogen (secondary N) is 1. The zero-order valence-electron chi connectivity index (χ0n) is 15.0. The van der Waals surface area contributed by atoms with Crippen molar-refractivity contribution in [1.82, 2.24) is 9.97 Å². The summed E-state index contributed by atoms with van der Waals surface area (Å²) in [4.78, 5) is 7.38. The Bertz CT molecular complexity index is 1210. The van der Waals surface area contributed by atoms with E-state index in [0.717, 1.165) is 32.8 Å². The molecule has 2 heterocycles. The van der Waals surface area contributed by atoms with Gasteiger partial charge in [0.25, 0.3) is 0 Å². The van der Waals surface area contributed by atoms with Crippen molar-refractivity contribution in [2.45, 2.75) is 0 Å². The molecule has 4 aromatic rings. The maximum Gasteiger partial charge on any atom is 0.146 e. The van der Waals surface area contributed by atoms with Crippen LogP contribution in [0, 0.1) is 11.3 Å². The number of ether oxygens (including phenoxy) is 2. The van der Waals surface area contributed by atoms with Crippen LogP contribution in [0.5, 0.6) is 11.5 Å². The van der Waals surface area contributed by atoms with Crippen LogP contribution >= 0.6 is 0 Å². The van der Waals surface area contributed by atoms with Crippen LogP contribution < -0.4 is 9.47 Å². The summed E-state index contributed by atoms with van der Waals surface area (Å²) in [5.41, 5.74) is 3.16. The summed E-state index contributed by atoms with van der Waals surface area (Å²) in [6, 6.07) is 14.0. The quantitative estimate of drug-likeness (QED) is 0.534. The standard InChI is InChI=1S/C22H17N3O2/c1-26-17-9-19-20(13-25-22(19)21(10-17)27-2)16(11-23)8-14-4-3-5-15-12-24-7-6-18(14)15/h3-10,12-13,25H,1-2H3/b16-8+. The van der Waals surface area contributed by atoms with E-state index in [-0.39, 0.29) is 0 Å². The number of methoxy groups -OCH3 is 2. The van der Waals surface area contributed by atoms with Crippen molar-refractivity contribution in [1.29, 1.82) is 5.26 Å². The van der Waals surface area contributed by atoms with Crippen LogP contribution in [0.1, 0.15) is 11.1 Å². The SMILES string of the molecule is COc1cc(OC)c2[nH]cc(/C(C#N)=C/c3cccc4cnccc34)c2c1. The molecule has 27 heavy (non-hydrogen) atoms. The number of pyridine rings is 1. The Morgan fingerprint density at radius 2 is 2.04 bits per heavy atom. The molecule has 0 spiro atoms. The van der Waals surface area contributed by atoms with Crippen molar-refractivity contribution in [3.63, 3.8) is 0 Å². The molecule has 5 heteroatoms. The highest BCUT2D eigenvalue weighted by Gasteiger charge is 2.14. The maximum absolute atomic E-state index is 9.84. The lowest BCUT2D eigenvalue weighted by Gasteiger charge is -2.07. The molecule has 0 radical (unpaired) electrons. The summed E-state index contributed by atoms with van der Waals surface area (Å²) in [6.45, 7) is 0. The van der Waals surface area contributed by atoms with Crippen molar-refractivity contribution in [3.05, 3.63) is 66.1 Å². The Balaban J connectivity index is 1.93. The van der Waals surface area contributed by atoms with Gasteiger partial charge in [-0.15, -0.1) is 0 Å². The molecule has 0 atom stereocenters. The summed E-state index contributed by atoms with van der Waals surface area (Å²) >= 11 is 0. The largest absolute Gasteiger partial charge is 0.497 e. The minimum absolute atomic E-state index is 0.556. The van der Waals surface area contributed by atoms with E-state index in [0.29, 0.717) is 17.1 Å². The molecule has 0 bridgehead atoms. The van der Waals surface area contributed by atoms with Crippen LogP contribution in [0.25, 0.3) is 33.3 Å². The highest BCUT2D eigenvalue weighted by molar-refractivity contribution is 6.05. The first kappa shape index (κ1) is 16.7. The van der Waals surface area contributed by atoms with Gasteiger partial charge in [-0.25, -0.2) is 0 Å². The molecule has 4 rings (SSSR count). The molecule has 0 aliphatic carbocycles. The van der Waals surface area contributed by atoms with Crippen LogP contribution in [-0.4, -0.2) is 24.2 Å². The fraction of sp³-hybridized carbons (Fsp3) is 0.0909. The molecule has 0 saturated heterocycles. The van der Waals surface area contributed by atoms with Gasteiger partial charge >= 0.3 is 0 Å². The number of nitrogens with zero attached hydrogens (tertiary/aromatic N) is 2. The van der Waals surface area contributed by atoms with Gasteiger partial charge in [-0.3, -0.25) is 4.98 Å². The Morgan fingerprint density at radius 3 is 2.81 bits per heavy atom. The molecule has 0 fully saturated rings. The number of benzene rings is 2. The van der Waals surface area contributed by atoms with Crippen molar-refractivity contribution in [3.8, 4) is 17.6 Å². The lowest BCUT2D eigenvalue weighted by molar-refractivity contribution is 0.397. The Hall–Kier alpha value is -3.78. The minimum atomic E-state index is 0.556. The van der Waals surface area contributed by atoms with E-state index in [9.17, 15) is 5.26 Å². The Morgan fingerprint density at radius 1 is 1.15 bits per heavy atom. The van der Waals surface area contributed by atoms with Crippen LogP contribution in [0.3, 0.4) is 0 Å². The van der Waals surface area contributed by atoms with E-state index < -0.39 is 0 Å². The highest BCUT2D eigenvalue weighted by Crippen LogP contribution is 2.36. The van der Waals surface area contributed by atoms with E-state index in [1.165, 1.54) is 0 Å². The normalized spacial score (nSPS) is 11.5. The summed E-state index contributed by atoms with van der Waals surface area (Å²) < 4.78 is 10.8. The van der Waals surface area contributed by atoms with E-state index in [1.807, 2.05) is 54.9 Å². The lowest BCUT2D eigenvalue weighted by atomic mass is 10.00. The third-order valence-electron chi connectivity index (χ3n) is 4.61. The van der Waals surface area contributed by atoms with Gasteiger partial charge in [0.05, 0.1) is 31.4 Å². The van der Waals surface area contributed by atoms with Crippen molar-refractivity contribution in [2.75, 3.05) is 14.2 Å². The molecule has 5 nitrogen and oxygen atoms in total. The molecular formula is C22H17N3O2. The number of hydrogen-bond donors (Lipinski definition) is 1. The Labute approximate surface area is 156 Å². The van der Waals surface area contributed by atoms with Gasteiger partial charge in [0, 0.05) is 41.0 Å². The van der Waals surface area contributed by atoms with E-state index in [4.69, 9.17) is 9.47 Å². The van der Waals surface area contributed by atoms with Crippen molar-refractivity contribution in [2.24, 2.45) is 0 Å². The van der Waals surface area contributed by atoms with E-state index in [1.54, 1.807) is 20.4 Å². The molecule has 0 unspecified atom stereocenters. The smallest absolute Gasteiger partial charge is 0.146 e. The van der Waals surface area contributed by atoms with E-state index in [2.05, 4.69) is 16.0 Å². The number of fused-ring (bicyclic) bond motifs is 2. The monoisotopic (exact) mass is 355 g/mol. The van der Waals surface area contributed by atoms with Gasteiger partial charge in [-0.05, 0) is 29.2 Å². The second kappa shape index (κ2) is 6.85. The highest BCUT2D eigenvalue weighted by atomic mass is 16.5. The molecule has 2 aromatic heterocycles. The van der Waals surface area contributed by atoms with Gasteiger partial charge in [-0.1, -0.05) is 18.2 Å². The molecule has 2 aromatic carbocycles. The van der Waals surface area contributed by atoms with Gasteiger partial charge in [0.15, 0.2) is 0 Å². The maximum atomic E-state index is 9.84. The van der Waals surface area contributed by atoms with Gasteiger partial charge < -0.3 is 14.5 Å². The van der Waals surface area contributed by atoms with Gasteiger partial charge in [-0.2, -0.15) is 5.26 Å². The number of aromatic amines is 1. The van der Waals surface area contributed by atoms with Crippen molar-refractivity contribution < 1.29 is 9.47 Å². The molecular weight excluding hydrogens is 338 g/mol. The summed E-state index contributed by atoms with van der Waals surface area (Å²) in [5, 5.41) is 12.8. The number of hydrogen-bond acceptors (Lipinski definition) is 4. The average molecular weight is 355 g/mol. The fourth-order valence-electron chi connectivity index (χ4n) is 3.27. The zero-order chi connectivity index (χ0) is 18.8. The van der Waals surface area contributed by atoms with Crippen LogP contribution in [0.2, 0.25) is 0 Å². The number of nitriles is 1. The third kappa shape index (κ3) is 2.87. The summed E-state index contributed by atoms with van der Waals surface area (Å²) in [5.74, 6) is 1.35. The second-order valence-electron chi connectivity index (χ2n) is 6.07. The zero-order valence-corrected chi connectivity index (χ0v) is 15.0. The number of aromatic nitrogens is 2.